The molecule has 118 valence electrons. The highest BCUT2D eigenvalue weighted by atomic mass is 32.2. The predicted molar refractivity (Wildman–Crippen MR) is 87.1 cm³/mol. The molecule has 2 heterocycles. The van der Waals surface area contributed by atoms with Crippen LogP contribution in [0, 0.1) is 0 Å². The average molecular weight is 338 g/mol. The van der Waals surface area contributed by atoms with Crippen LogP contribution in [0.5, 0.6) is 0 Å². The van der Waals surface area contributed by atoms with Crippen LogP contribution < -0.4 is 0 Å². The number of nitrogens with zero attached hydrogens (tertiary/aromatic N) is 4. The predicted octanol–water partition coefficient (Wildman–Crippen LogP) is 3.45. The van der Waals surface area contributed by atoms with Crippen LogP contribution in [0.1, 0.15) is 42.8 Å². The summed E-state index contributed by atoms with van der Waals surface area (Å²) in [5.74, 6) is -0.387. The summed E-state index contributed by atoms with van der Waals surface area (Å²) in [5.41, 5.74) is 1.14. The molecule has 6 nitrogen and oxygen atoms in total. The van der Waals surface area contributed by atoms with Crippen LogP contribution in [0.3, 0.4) is 0 Å². The minimum Gasteiger partial charge on any atom is -0.458 e. The van der Waals surface area contributed by atoms with Crippen molar-refractivity contribution in [2.75, 3.05) is 6.26 Å². The molecule has 2 rings (SSSR count). The Morgan fingerprint density at radius 2 is 2.14 bits per heavy atom. The molecule has 1 atom stereocenters. The molecule has 0 saturated heterocycles. The Morgan fingerprint density at radius 1 is 1.41 bits per heavy atom. The van der Waals surface area contributed by atoms with E-state index in [2.05, 4.69) is 26.5 Å². The minimum atomic E-state index is -0.387. The number of thioether (sulfide) groups is 1. The highest BCUT2D eigenvalue weighted by molar-refractivity contribution is 7.98. The van der Waals surface area contributed by atoms with Gasteiger partial charge in [0.1, 0.15) is 5.69 Å². The molecule has 0 aliphatic carbocycles. The second-order valence-corrected chi connectivity index (χ2v) is 6.29. The third-order valence-electron chi connectivity index (χ3n) is 3.03. The molecule has 0 unspecified atom stereocenters. The first-order valence-electron chi connectivity index (χ1n) is 7.05. The van der Waals surface area contributed by atoms with Crippen molar-refractivity contribution in [2.24, 2.45) is 0 Å². The monoisotopic (exact) mass is 338 g/mol. The molecule has 0 radical (unpaired) electrons. The van der Waals surface area contributed by atoms with Crippen LogP contribution in [-0.4, -0.2) is 37.9 Å². The standard InChI is InChI=1S/C14H18N4O2S2/c1-4-5-6-9(2)20-13(19)12-11(17-18-22-12)10-7-15-14(21-3)16-8-10/h7-9H,4-6H2,1-3H3/t9-/m1/s1. The maximum atomic E-state index is 12.3. The van der Waals surface area contributed by atoms with Gasteiger partial charge in [-0.2, -0.15) is 0 Å². The molecule has 0 amide bonds. The fourth-order valence-electron chi connectivity index (χ4n) is 1.84. The van der Waals surface area contributed by atoms with Crippen molar-refractivity contribution in [1.82, 2.24) is 19.6 Å². The molecule has 0 saturated carbocycles. The molecule has 0 aromatic carbocycles. The lowest BCUT2D eigenvalue weighted by Gasteiger charge is -2.12. The van der Waals surface area contributed by atoms with Crippen molar-refractivity contribution < 1.29 is 9.53 Å². The highest BCUT2D eigenvalue weighted by Gasteiger charge is 2.21. The zero-order chi connectivity index (χ0) is 15.9. The maximum Gasteiger partial charge on any atom is 0.352 e. The molecular weight excluding hydrogens is 320 g/mol. The molecule has 0 fully saturated rings. The first-order valence-corrected chi connectivity index (χ1v) is 9.05. The van der Waals surface area contributed by atoms with Gasteiger partial charge < -0.3 is 4.74 Å². The van der Waals surface area contributed by atoms with Gasteiger partial charge in [-0.3, -0.25) is 0 Å². The van der Waals surface area contributed by atoms with Crippen molar-refractivity contribution in [3.63, 3.8) is 0 Å². The second-order valence-electron chi connectivity index (χ2n) is 4.77. The number of hydrogen-bond donors (Lipinski definition) is 0. The van der Waals surface area contributed by atoms with Crippen LogP contribution in [0.25, 0.3) is 11.3 Å². The van der Waals surface area contributed by atoms with Crippen molar-refractivity contribution in [3.8, 4) is 11.3 Å². The minimum absolute atomic E-state index is 0.113. The highest BCUT2D eigenvalue weighted by Crippen LogP contribution is 2.25. The molecule has 0 bridgehead atoms. The molecular formula is C14H18N4O2S2. The number of rotatable bonds is 7. The van der Waals surface area contributed by atoms with E-state index in [0.717, 1.165) is 30.8 Å². The summed E-state index contributed by atoms with van der Waals surface area (Å²) in [6.45, 7) is 4.01. The number of unbranched alkanes of at least 4 members (excludes halogenated alkanes) is 1. The van der Waals surface area contributed by atoms with Gasteiger partial charge in [0.05, 0.1) is 6.10 Å². The summed E-state index contributed by atoms with van der Waals surface area (Å²) in [6.07, 6.45) is 8.05. The smallest absolute Gasteiger partial charge is 0.352 e. The average Bonchev–Trinajstić information content (AvgIpc) is 3.02. The largest absolute Gasteiger partial charge is 0.458 e. The summed E-state index contributed by atoms with van der Waals surface area (Å²) < 4.78 is 9.31. The van der Waals surface area contributed by atoms with Gasteiger partial charge in [0.2, 0.25) is 0 Å². The van der Waals surface area contributed by atoms with Gasteiger partial charge in [0, 0.05) is 18.0 Å². The van der Waals surface area contributed by atoms with Gasteiger partial charge >= 0.3 is 5.97 Å². The van der Waals surface area contributed by atoms with Gasteiger partial charge in [-0.25, -0.2) is 14.8 Å². The normalized spacial score (nSPS) is 12.1. The lowest BCUT2D eigenvalue weighted by atomic mass is 10.2. The van der Waals surface area contributed by atoms with Crippen LogP contribution >= 0.6 is 23.3 Å². The Balaban J connectivity index is 2.12. The Kier molecular flexibility index (Phi) is 6.26. The van der Waals surface area contributed by atoms with E-state index in [9.17, 15) is 4.79 Å². The van der Waals surface area contributed by atoms with Crippen molar-refractivity contribution in [2.45, 2.75) is 44.4 Å². The molecule has 0 spiro atoms. The Morgan fingerprint density at radius 3 is 2.77 bits per heavy atom. The molecule has 2 aromatic rings. The third kappa shape index (κ3) is 4.23. The zero-order valence-electron chi connectivity index (χ0n) is 12.8. The maximum absolute atomic E-state index is 12.3. The lowest BCUT2D eigenvalue weighted by molar-refractivity contribution is 0.0327. The van der Waals surface area contributed by atoms with Crippen LogP contribution in [0.4, 0.5) is 0 Å². The second kappa shape index (κ2) is 8.19. The number of esters is 1. The molecule has 0 aliphatic heterocycles. The molecule has 0 N–H and O–H groups in total. The molecule has 0 aliphatic rings. The summed E-state index contributed by atoms with van der Waals surface area (Å²) in [7, 11) is 0. The van der Waals surface area contributed by atoms with E-state index < -0.39 is 0 Å². The fraction of sp³-hybridized carbons (Fsp3) is 0.500. The first kappa shape index (κ1) is 16.8. The van der Waals surface area contributed by atoms with Gasteiger partial charge in [-0.1, -0.05) is 36.0 Å². The van der Waals surface area contributed by atoms with E-state index in [1.54, 1.807) is 12.4 Å². The molecule has 8 heteroatoms. The van der Waals surface area contributed by atoms with E-state index >= 15 is 0 Å². The number of carbonyl (C=O) groups excluding carboxylic acids is 1. The number of hydrogen-bond acceptors (Lipinski definition) is 8. The third-order valence-corrected chi connectivity index (χ3v) is 4.31. The van der Waals surface area contributed by atoms with Crippen LogP contribution in [0.2, 0.25) is 0 Å². The van der Waals surface area contributed by atoms with Gasteiger partial charge in [0.25, 0.3) is 0 Å². The fourth-order valence-corrected chi connectivity index (χ4v) is 2.73. The Bertz CT molecular complexity index is 616. The van der Waals surface area contributed by atoms with E-state index in [1.165, 1.54) is 11.8 Å². The molecule has 2 aromatic heterocycles. The van der Waals surface area contributed by atoms with E-state index in [0.29, 0.717) is 21.3 Å². The van der Waals surface area contributed by atoms with Crippen LogP contribution in [-0.2, 0) is 4.74 Å². The SMILES string of the molecule is CCCC[C@@H](C)OC(=O)c1snnc1-c1cnc(SC)nc1. The van der Waals surface area contributed by atoms with E-state index in [1.807, 2.05) is 13.2 Å². The number of ether oxygens (including phenoxy) is 1. The summed E-state index contributed by atoms with van der Waals surface area (Å²) >= 11 is 2.49. The summed E-state index contributed by atoms with van der Waals surface area (Å²) in [4.78, 5) is 21.0. The van der Waals surface area contributed by atoms with Crippen molar-refractivity contribution in [3.05, 3.63) is 17.3 Å². The van der Waals surface area contributed by atoms with E-state index in [-0.39, 0.29) is 12.1 Å². The van der Waals surface area contributed by atoms with Crippen LogP contribution in [0.15, 0.2) is 17.6 Å². The first-order chi connectivity index (χ1) is 10.7. The quantitative estimate of drug-likeness (QED) is 0.434. The Hall–Kier alpha value is -1.54. The van der Waals surface area contributed by atoms with Gasteiger partial charge in [0.15, 0.2) is 10.0 Å². The summed E-state index contributed by atoms with van der Waals surface area (Å²) in [6, 6.07) is 0. The zero-order valence-corrected chi connectivity index (χ0v) is 14.4. The lowest BCUT2D eigenvalue weighted by Crippen LogP contribution is -2.14. The number of carbonyl (C=O) groups is 1. The molecule has 22 heavy (non-hydrogen) atoms. The van der Waals surface area contributed by atoms with E-state index in [4.69, 9.17) is 4.74 Å². The van der Waals surface area contributed by atoms with Gasteiger partial charge in [-0.15, -0.1) is 5.10 Å². The number of aromatic nitrogens is 4. The van der Waals surface area contributed by atoms with Gasteiger partial charge in [-0.05, 0) is 31.1 Å². The van der Waals surface area contributed by atoms with Crippen molar-refractivity contribution >= 4 is 29.3 Å². The topological polar surface area (TPSA) is 77.9 Å². The Labute approximate surface area is 137 Å². The van der Waals surface area contributed by atoms with Crippen molar-refractivity contribution in [1.29, 1.82) is 0 Å². The summed E-state index contributed by atoms with van der Waals surface area (Å²) in [5, 5.41) is 4.68.